The molecular weight excluding hydrogens is 340 g/mol. The first kappa shape index (κ1) is 21.4. The van der Waals surface area contributed by atoms with Crippen LogP contribution in [0.5, 0.6) is 0 Å². The summed E-state index contributed by atoms with van der Waals surface area (Å²) in [6.07, 6.45) is -0.728. The van der Waals surface area contributed by atoms with Gasteiger partial charge >= 0.3 is 12.1 Å². The van der Waals surface area contributed by atoms with Gasteiger partial charge in [-0.1, -0.05) is 44.2 Å². The minimum absolute atomic E-state index is 0.0917. The molecule has 0 radical (unpaired) electrons. The lowest BCUT2D eigenvalue weighted by Crippen LogP contribution is -2.46. The lowest BCUT2D eigenvalue weighted by Gasteiger charge is -2.20. The van der Waals surface area contributed by atoms with E-state index in [-0.39, 0.29) is 12.5 Å². The van der Waals surface area contributed by atoms with E-state index in [2.05, 4.69) is 10.6 Å². The van der Waals surface area contributed by atoms with Crippen molar-refractivity contribution in [2.45, 2.75) is 26.5 Å². The van der Waals surface area contributed by atoms with Crippen molar-refractivity contribution in [2.24, 2.45) is 5.92 Å². The lowest BCUT2D eigenvalue weighted by atomic mass is 10.1. The summed E-state index contributed by atoms with van der Waals surface area (Å²) in [6.45, 7) is 3.86. The Morgan fingerprint density at radius 1 is 1.08 bits per heavy atom. The summed E-state index contributed by atoms with van der Waals surface area (Å²) in [5.41, 5.74) is 0.832. The van der Waals surface area contributed by atoms with Crippen molar-refractivity contribution in [1.82, 2.24) is 10.6 Å². The van der Waals surface area contributed by atoms with E-state index in [1.165, 1.54) is 7.11 Å². The van der Waals surface area contributed by atoms with Gasteiger partial charge in [0.15, 0.2) is 6.61 Å². The van der Waals surface area contributed by atoms with E-state index in [0.29, 0.717) is 13.2 Å². The number of alkyl carbamates (subject to hydrolysis) is 1. The molecule has 2 amide bonds. The molecule has 0 bridgehead atoms. The molecule has 8 nitrogen and oxygen atoms in total. The number of amides is 2. The Hall–Kier alpha value is -2.61. The van der Waals surface area contributed by atoms with E-state index in [4.69, 9.17) is 14.2 Å². The van der Waals surface area contributed by atoms with E-state index in [0.717, 1.165) is 5.56 Å². The first-order valence-corrected chi connectivity index (χ1v) is 8.33. The van der Waals surface area contributed by atoms with Crippen molar-refractivity contribution in [3.63, 3.8) is 0 Å². The molecular formula is C18H26N2O6. The van der Waals surface area contributed by atoms with Crippen molar-refractivity contribution in [1.29, 1.82) is 0 Å². The number of nitrogens with one attached hydrogen (secondary N) is 2. The van der Waals surface area contributed by atoms with Crippen molar-refractivity contribution in [3.05, 3.63) is 35.9 Å². The third kappa shape index (κ3) is 8.48. The molecule has 1 aromatic carbocycles. The highest BCUT2D eigenvalue weighted by Crippen LogP contribution is 2.06. The monoisotopic (exact) mass is 366 g/mol. The highest BCUT2D eigenvalue weighted by molar-refractivity contribution is 5.84. The summed E-state index contributed by atoms with van der Waals surface area (Å²) in [7, 11) is 1.52. The molecule has 0 saturated carbocycles. The summed E-state index contributed by atoms with van der Waals surface area (Å²) in [6, 6.07) is 8.27. The zero-order valence-electron chi connectivity index (χ0n) is 15.3. The molecule has 0 aliphatic carbocycles. The largest absolute Gasteiger partial charge is 0.454 e. The standard InChI is InChI=1S/C18H26N2O6/c1-13(2)16(17(22)25-12-15(21)19-9-10-24-3)20-18(23)26-11-14-7-5-4-6-8-14/h4-8,13,16H,9-12H2,1-3H3,(H,19,21)(H,20,23)/t16-/m0/s1. The molecule has 0 unspecified atom stereocenters. The van der Waals surface area contributed by atoms with Crippen LogP contribution in [0.2, 0.25) is 0 Å². The van der Waals surface area contributed by atoms with Crippen LogP contribution in [0, 0.1) is 5.92 Å². The zero-order chi connectivity index (χ0) is 19.4. The van der Waals surface area contributed by atoms with Gasteiger partial charge in [-0.15, -0.1) is 0 Å². The smallest absolute Gasteiger partial charge is 0.408 e. The Labute approximate surface area is 153 Å². The van der Waals surface area contributed by atoms with Crippen molar-refractivity contribution in [3.8, 4) is 0 Å². The van der Waals surface area contributed by atoms with Gasteiger partial charge in [-0.05, 0) is 11.5 Å². The van der Waals surface area contributed by atoms with Gasteiger partial charge in [-0.3, -0.25) is 4.79 Å². The third-order valence-electron chi connectivity index (χ3n) is 3.38. The number of hydrogen-bond acceptors (Lipinski definition) is 6. The fourth-order valence-corrected chi connectivity index (χ4v) is 1.96. The van der Waals surface area contributed by atoms with Gasteiger partial charge in [0.1, 0.15) is 12.6 Å². The Bertz CT molecular complexity index is 576. The molecule has 1 rings (SSSR count). The fraction of sp³-hybridized carbons (Fsp3) is 0.500. The number of carbonyl (C=O) groups excluding carboxylic acids is 3. The van der Waals surface area contributed by atoms with Crippen LogP contribution in [0.25, 0.3) is 0 Å². The van der Waals surface area contributed by atoms with Gasteiger partial charge in [-0.2, -0.15) is 0 Å². The summed E-state index contributed by atoms with van der Waals surface area (Å²) < 4.78 is 14.9. The quantitative estimate of drug-likeness (QED) is 0.477. The maximum Gasteiger partial charge on any atom is 0.408 e. The second-order valence-electron chi connectivity index (χ2n) is 5.88. The molecule has 0 saturated heterocycles. The molecule has 0 aromatic heterocycles. The molecule has 0 heterocycles. The first-order chi connectivity index (χ1) is 12.4. The fourth-order valence-electron chi connectivity index (χ4n) is 1.96. The predicted molar refractivity (Wildman–Crippen MR) is 94.2 cm³/mol. The molecule has 26 heavy (non-hydrogen) atoms. The number of methoxy groups -OCH3 is 1. The Morgan fingerprint density at radius 3 is 2.38 bits per heavy atom. The van der Waals surface area contributed by atoms with E-state index < -0.39 is 30.6 Å². The molecule has 0 aliphatic rings. The average molecular weight is 366 g/mol. The molecule has 1 aromatic rings. The lowest BCUT2D eigenvalue weighted by molar-refractivity contribution is -0.151. The third-order valence-corrected chi connectivity index (χ3v) is 3.38. The maximum atomic E-state index is 12.1. The van der Waals surface area contributed by atoms with Gasteiger partial charge in [0.25, 0.3) is 5.91 Å². The van der Waals surface area contributed by atoms with Gasteiger partial charge in [0.2, 0.25) is 0 Å². The van der Waals surface area contributed by atoms with Crippen LogP contribution in [0.3, 0.4) is 0 Å². The summed E-state index contributed by atoms with van der Waals surface area (Å²) >= 11 is 0. The van der Waals surface area contributed by atoms with E-state index >= 15 is 0 Å². The molecule has 1 atom stereocenters. The normalized spacial score (nSPS) is 11.5. The van der Waals surface area contributed by atoms with Gasteiger partial charge in [0, 0.05) is 13.7 Å². The van der Waals surface area contributed by atoms with E-state index in [9.17, 15) is 14.4 Å². The van der Waals surface area contributed by atoms with E-state index in [1.54, 1.807) is 13.8 Å². The number of rotatable bonds is 10. The Kier molecular flexibility index (Phi) is 9.78. The number of ether oxygens (including phenoxy) is 3. The van der Waals surface area contributed by atoms with Crippen LogP contribution < -0.4 is 10.6 Å². The topological polar surface area (TPSA) is 103 Å². The summed E-state index contributed by atoms with van der Waals surface area (Å²) in [5.74, 6) is -1.37. The molecule has 2 N–H and O–H groups in total. The molecule has 144 valence electrons. The number of benzene rings is 1. The van der Waals surface area contributed by atoms with Crippen molar-refractivity contribution in [2.75, 3.05) is 26.9 Å². The SMILES string of the molecule is COCCNC(=O)COC(=O)[C@@H](NC(=O)OCc1ccccc1)C(C)C. The van der Waals surface area contributed by atoms with Gasteiger partial charge in [0.05, 0.1) is 6.61 Å². The van der Waals surface area contributed by atoms with Crippen LogP contribution in [-0.4, -0.2) is 50.9 Å². The van der Waals surface area contributed by atoms with Crippen LogP contribution in [0.1, 0.15) is 19.4 Å². The highest BCUT2D eigenvalue weighted by atomic mass is 16.6. The average Bonchev–Trinajstić information content (AvgIpc) is 2.63. The van der Waals surface area contributed by atoms with Gasteiger partial charge in [-0.25, -0.2) is 9.59 Å². The van der Waals surface area contributed by atoms with E-state index in [1.807, 2.05) is 30.3 Å². The zero-order valence-corrected chi connectivity index (χ0v) is 15.3. The molecule has 8 heteroatoms. The number of hydrogen-bond donors (Lipinski definition) is 2. The van der Waals surface area contributed by atoms with Gasteiger partial charge < -0.3 is 24.8 Å². The first-order valence-electron chi connectivity index (χ1n) is 8.33. The minimum atomic E-state index is -0.912. The number of esters is 1. The summed E-state index contributed by atoms with van der Waals surface area (Å²) in [4.78, 5) is 35.6. The molecule has 0 aliphatic heterocycles. The number of carbonyl (C=O) groups is 3. The minimum Gasteiger partial charge on any atom is -0.454 e. The van der Waals surface area contributed by atoms with Crippen LogP contribution in [0.4, 0.5) is 4.79 Å². The van der Waals surface area contributed by atoms with Crippen LogP contribution in [-0.2, 0) is 30.4 Å². The Morgan fingerprint density at radius 2 is 1.77 bits per heavy atom. The van der Waals surface area contributed by atoms with Crippen molar-refractivity contribution >= 4 is 18.0 Å². The Balaban J connectivity index is 2.42. The van der Waals surface area contributed by atoms with Crippen LogP contribution in [0.15, 0.2) is 30.3 Å². The summed E-state index contributed by atoms with van der Waals surface area (Å²) in [5, 5.41) is 5.01. The highest BCUT2D eigenvalue weighted by Gasteiger charge is 2.27. The maximum absolute atomic E-state index is 12.1. The molecule has 0 spiro atoms. The predicted octanol–water partition coefficient (Wildman–Crippen LogP) is 1.24. The van der Waals surface area contributed by atoms with Crippen LogP contribution >= 0.6 is 0 Å². The second-order valence-corrected chi connectivity index (χ2v) is 5.88. The molecule has 0 fully saturated rings. The second kappa shape index (κ2) is 11.9. The van der Waals surface area contributed by atoms with Crippen molar-refractivity contribution < 1.29 is 28.6 Å².